The van der Waals surface area contributed by atoms with Crippen LogP contribution in [0.2, 0.25) is 0 Å². The molecule has 0 spiro atoms. The van der Waals surface area contributed by atoms with Crippen molar-refractivity contribution in [3.05, 3.63) is 42.1 Å². The van der Waals surface area contributed by atoms with Crippen molar-refractivity contribution in [1.29, 1.82) is 0 Å². The van der Waals surface area contributed by atoms with Crippen LogP contribution >= 0.6 is 0 Å². The molecule has 0 bridgehead atoms. The number of carbonyl (C=O) groups excluding carboxylic acids is 1. The lowest BCUT2D eigenvalue weighted by molar-refractivity contribution is -0.129. The molecule has 1 heterocycles. The minimum atomic E-state index is -0.416. The van der Waals surface area contributed by atoms with Crippen molar-refractivity contribution in [2.24, 2.45) is 5.92 Å². The Morgan fingerprint density at radius 3 is 2.83 bits per heavy atom. The third-order valence-corrected chi connectivity index (χ3v) is 6.44. The number of pyridine rings is 1. The zero-order chi connectivity index (χ0) is 20.1. The zero-order valence-corrected chi connectivity index (χ0v) is 17.2. The van der Waals surface area contributed by atoms with Crippen molar-refractivity contribution < 1.29 is 9.53 Å². The third-order valence-electron chi connectivity index (χ3n) is 6.44. The van der Waals surface area contributed by atoms with Crippen LogP contribution in [0.4, 0.5) is 0 Å². The first-order valence-electron chi connectivity index (χ1n) is 10.9. The molecule has 2 fully saturated rings. The minimum Gasteiger partial charge on any atom is -0.381 e. The van der Waals surface area contributed by atoms with Crippen LogP contribution in [0, 0.1) is 17.8 Å². The van der Waals surface area contributed by atoms with Crippen LogP contribution in [-0.2, 0) is 9.53 Å². The summed E-state index contributed by atoms with van der Waals surface area (Å²) in [6.45, 7) is 0. The van der Waals surface area contributed by atoms with Gasteiger partial charge in [-0.05, 0) is 44.2 Å². The molecule has 4 nitrogen and oxygen atoms in total. The number of nitrogens with zero attached hydrogens (tertiary/aromatic N) is 1. The molecule has 0 aliphatic heterocycles. The maximum atomic E-state index is 13.1. The Kier molecular flexibility index (Phi) is 6.16. The average Bonchev–Trinajstić information content (AvgIpc) is 2.78. The molecule has 0 unspecified atom stereocenters. The van der Waals surface area contributed by atoms with Crippen LogP contribution in [0.5, 0.6) is 0 Å². The number of fused-ring (bicyclic) bond motifs is 1. The number of nitrogens with one attached hydrogen (secondary N) is 1. The summed E-state index contributed by atoms with van der Waals surface area (Å²) >= 11 is 0. The second-order valence-electron chi connectivity index (χ2n) is 8.52. The molecule has 29 heavy (non-hydrogen) atoms. The molecule has 4 heteroatoms. The van der Waals surface area contributed by atoms with Gasteiger partial charge in [-0.2, -0.15) is 0 Å². The van der Waals surface area contributed by atoms with Crippen molar-refractivity contribution in [2.75, 3.05) is 7.11 Å². The monoisotopic (exact) mass is 390 g/mol. The van der Waals surface area contributed by atoms with E-state index in [1.54, 1.807) is 7.11 Å². The molecule has 0 radical (unpaired) electrons. The summed E-state index contributed by atoms with van der Waals surface area (Å²) < 4.78 is 5.51. The fourth-order valence-corrected chi connectivity index (χ4v) is 4.70. The molecule has 2 saturated carbocycles. The van der Waals surface area contributed by atoms with Crippen molar-refractivity contribution in [2.45, 2.75) is 69.4 Å². The summed E-state index contributed by atoms with van der Waals surface area (Å²) in [7, 11) is 1.75. The van der Waals surface area contributed by atoms with E-state index in [1.807, 2.05) is 24.4 Å². The number of para-hydroxylation sites is 1. The van der Waals surface area contributed by atoms with Crippen molar-refractivity contribution in [3.8, 4) is 11.8 Å². The first-order valence-corrected chi connectivity index (χ1v) is 10.9. The summed E-state index contributed by atoms with van der Waals surface area (Å²) in [5.41, 5.74) is 1.46. The molecule has 1 amide bonds. The van der Waals surface area contributed by atoms with Crippen molar-refractivity contribution >= 4 is 16.8 Å². The van der Waals surface area contributed by atoms with Gasteiger partial charge in [0.25, 0.3) is 0 Å². The maximum absolute atomic E-state index is 13.1. The van der Waals surface area contributed by atoms with Gasteiger partial charge < -0.3 is 10.1 Å². The summed E-state index contributed by atoms with van der Waals surface area (Å²) in [5, 5.41) is 4.46. The molecule has 2 aromatic rings. The number of ether oxygens (including phenoxy) is 1. The first-order chi connectivity index (χ1) is 14.2. The molecule has 1 aromatic heterocycles. The van der Waals surface area contributed by atoms with E-state index in [9.17, 15) is 4.79 Å². The smallest absolute Gasteiger partial charge is 0.224 e. The summed E-state index contributed by atoms with van der Waals surface area (Å²) in [4.78, 5) is 17.6. The van der Waals surface area contributed by atoms with Crippen molar-refractivity contribution in [3.63, 3.8) is 0 Å². The number of aromatic nitrogens is 1. The molecule has 152 valence electrons. The number of hydrogen-bond acceptors (Lipinski definition) is 3. The van der Waals surface area contributed by atoms with Gasteiger partial charge in [0.05, 0.1) is 11.6 Å². The lowest BCUT2D eigenvalue weighted by Crippen LogP contribution is -2.51. The number of hydrogen-bond donors (Lipinski definition) is 1. The van der Waals surface area contributed by atoms with Gasteiger partial charge in [0, 0.05) is 30.2 Å². The topological polar surface area (TPSA) is 51.2 Å². The predicted molar refractivity (Wildman–Crippen MR) is 115 cm³/mol. The van der Waals surface area contributed by atoms with Gasteiger partial charge in [-0.1, -0.05) is 55.7 Å². The molecule has 2 aliphatic carbocycles. The number of rotatable bonds is 3. The van der Waals surface area contributed by atoms with Crippen molar-refractivity contribution in [1.82, 2.24) is 10.3 Å². The maximum Gasteiger partial charge on any atom is 0.224 e. The largest absolute Gasteiger partial charge is 0.381 e. The molecular weight excluding hydrogens is 360 g/mol. The standard InChI is InChI=1S/C25H30N2O2/c1-29-22-10-7-9-21(17-22)24(28)27-25(13-5-2-6-14-25)15-12-19-16-20-8-3-4-11-23(20)26-18-19/h3-4,8,11,16,18,21-22H,2,5-7,9-10,13-14,17H2,1H3,(H,27,28)/t21-,22+/m0/s1. The van der Waals surface area contributed by atoms with Crippen LogP contribution in [0.1, 0.15) is 63.4 Å². The predicted octanol–water partition coefficient (Wildman–Crippen LogP) is 4.61. The highest BCUT2D eigenvalue weighted by Crippen LogP contribution is 2.31. The lowest BCUT2D eigenvalue weighted by atomic mass is 9.80. The number of methoxy groups -OCH3 is 1. The van der Waals surface area contributed by atoms with Gasteiger partial charge in [0.1, 0.15) is 5.54 Å². The fourth-order valence-electron chi connectivity index (χ4n) is 4.70. The molecule has 4 rings (SSSR count). The molecule has 1 N–H and O–H groups in total. The molecule has 2 atom stereocenters. The van der Waals surface area contributed by atoms with E-state index in [2.05, 4.69) is 34.3 Å². The van der Waals surface area contributed by atoms with Gasteiger partial charge in [-0.3, -0.25) is 9.78 Å². The molecule has 1 aromatic carbocycles. The summed E-state index contributed by atoms with van der Waals surface area (Å²) in [5.74, 6) is 6.97. The van der Waals surface area contributed by atoms with Gasteiger partial charge in [0.2, 0.25) is 5.91 Å². The van der Waals surface area contributed by atoms with E-state index in [4.69, 9.17) is 4.74 Å². The Morgan fingerprint density at radius 2 is 2.00 bits per heavy atom. The van der Waals surface area contributed by atoms with Crippen LogP contribution in [0.25, 0.3) is 10.9 Å². The van der Waals surface area contributed by atoms with Gasteiger partial charge in [0.15, 0.2) is 0 Å². The van der Waals surface area contributed by atoms with E-state index in [-0.39, 0.29) is 17.9 Å². The first kappa shape index (κ1) is 19.9. The minimum absolute atomic E-state index is 0.0386. The quantitative estimate of drug-likeness (QED) is 0.779. The van der Waals surface area contributed by atoms with E-state index in [1.165, 1.54) is 6.42 Å². The van der Waals surface area contributed by atoms with Crippen LogP contribution < -0.4 is 5.32 Å². The molecule has 0 saturated heterocycles. The second-order valence-corrected chi connectivity index (χ2v) is 8.52. The number of carbonyl (C=O) groups is 1. The van der Waals surface area contributed by atoms with Crippen LogP contribution in [0.15, 0.2) is 36.5 Å². The Balaban J connectivity index is 1.53. The van der Waals surface area contributed by atoms with Gasteiger partial charge in [-0.15, -0.1) is 0 Å². The lowest BCUT2D eigenvalue weighted by Gasteiger charge is -2.36. The highest BCUT2D eigenvalue weighted by Gasteiger charge is 2.35. The van der Waals surface area contributed by atoms with E-state index in [0.717, 1.165) is 67.8 Å². The third kappa shape index (κ3) is 4.79. The Labute approximate surface area is 173 Å². The average molecular weight is 391 g/mol. The van der Waals surface area contributed by atoms with E-state index >= 15 is 0 Å². The summed E-state index contributed by atoms with van der Waals surface area (Å²) in [6, 6.07) is 10.2. The van der Waals surface area contributed by atoms with E-state index < -0.39 is 5.54 Å². The number of benzene rings is 1. The van der Waals surface area contributed by atoms with E-state index in [0.29, 0.717) is 0 Å². The normalized spacial score (nSPS) is 23.8. The fraction of sp³-hybridized carbons (Fsp3) is 0.520. The Hall–Kier alpha value is -2.38. The number of amides is 1. The highest BCUT2D eigenvalue weighted by molar-refractivity contribution is 5.81. The van der Waals surface area contributed by atoms with Crippen LogP contribution in [-0.4, -0.2) is 29.6 Å². The SMILES string of the molecule is CO[C@@H]1CCC[C@H](C(=O)NC2(C#Cc3cnc4ccccc4c3)CCCCC2)C1. The molecule has 2 aliphatic rings. The van der Waals surface area contributed by atoms with Gasteiger partial charge in [-0.25, -0.2) is 0 Å². The zero-order valence-electron chi connectivity index (χ0n) is 17.2. The van der Waals surface area contributed by atoms with Crippen LogP contribution in [0.3, 0.4) is 0 Å². The van der Waals surface area contributed by atoms with Gasteiger partial charge >= 0.3 is 0 Å². The molecular formula is C25H30N2O2. The second kappa shape index (κ2) is 8.97. The Morgan fingerprint density at radius 1 is 1.17 bits per heavy atom. The highest BCUT2D eigenvalue weighted by atomic mass is 16.5. The Bertz CT molecular complexity index is 921. The summed E-state index contributed by atoms with van der Waals surface area (Å²) in [6.07, 6.45) is 11.2.